The quantitative estimate of drug-likeness (QED) is 0.0865. The van der Waals surface area contributed by atoms with Crippen LogP contribution in [-0.2, 0) is 23.7 Å². The normalized spacial score (nSPS) is 9.73. The largest absolute Gasteiger partial charge is 0.490 e. The lowest BCUT2D eigenvalue weighted by Crippen LogP contribution is -2.29. The molecule has 1 aromatic heterocycles. The smallest absolute Gasteiger partial charge is 0.407 e. The Kier molecular flexibility index (Phi) is 41.3. The highest BCUT2D eigenvalue weighted by Gasteiger charge is 2.07. The highest BCUT2D eigenvalue weighted by atomic mass is 32.2. The van der Waals surface area contributed by atoms with E-state index in [0.29, 0.717) is 18.1 Å². The molecule has 2 rings (SSSR count). The van der Waals surface area contributed by atoms with Crippen molar-refractivity contribution in [1.82, 2.24) is 5.32 Å². The van der Waals surface area contributed by atoms with Gasteiger partial charge in [-0.15, -0.1) is 11.8 Å². The molecule has 0 fully saturated rings. The first kappa shape index (κ1) is 49.4. The van der Waals surface area contributed by atoms with Crippen molar-refractivity contribution < 1.29 is 33.3 Å². The van der Waals surface area contributed by atoms with Gasteiger partial charge in [0.1, 0.15) is 25.6 Å². The van der Waals surface area contributed by atoms with E-state index in [4.69, 9.17) is 23.7 Å². The second kappa shape index (κ2) is 37.7. The van der Waals surface area contributed by atoms with Crippen molar-refractivity contribution in [1.29, 1.82) is 0 Å². The van der Waals surface area contributed by atoms with Crippen LogP contribution < -0.4 is 10.1 Å². The number of alkyl carbamates (subject to hydrolysis) is 1. The SMILES string of the molecule is C=C(C)C(=O)OCCNC(=O)OCCOc1ccc(C(C)C)cc1.CC.CC.CC.CC.COCC(CSc1ccsc1)OC. The number of benzene rings is 1. The van der Waals surface area contributed by atoms with Gasteiger partial charge < -0.3 is 29.0 Å². The number of carbonyl (C=O) groups excluding carboxylic acids is 2. The Labute approximate surface area is 283 Å². The molecule has 0 aliphatic heterocycles. The van der Waals surface area contributed by atoms with Gasteiger partial charge in [0.2, 0.25) is 0 Å². The summed E-state index contributed by atoms with van der Waals surface area (Å²) in [5.41, 5.74) is 1.56. The number of methoxy groups -OCH3 is 2. The van der Waals surface area contributed by atoms with Crippen molar-refractivity contribution in [3.8, 4) is 5.75 Å². The molecule has 2 aromatic rings. The molecule has 1 amide bonds. The molecule has 0 aliphatic rings. The van der Waals surface area contributed by atoms with E-state index in [1.54, 1.807) is 44.2 Å². The maximum Gasteiger partial charge on any atom is 0.407 e. The molecule has 1 unspecified atom stereocenters. The van der Waals surface area contributed by atoms with E-state index >= 15 is 0 Å². The van der Waals surface area contributed by atoms with Gasteiger partial charge in [-0.3, -0.25) is 0 Å². The van der Waals surface area contributed by atoms with Gasteiger partial charge >= 0.3 is 12.1 Å². The zero-order valence-corrected chi connectivity index (χ0v) is 32.0. The molecule has 10 heteroatoms. The lowest BCUT2D eigenvalue weighted by atomic mass is 10.0. The lowest BCUT2D eigenvalue weighted by Gasteiger charge is -2.12. The molecule has 0 spiro atoms. The van der Waals surface area contributed by atoms with Gasteiger partial charge in [-0.2, -0.15) is 11.3 Å². The Morgan fingerprint density at radius 1 is 0.889 bits per heavy atom. The fraction of sp³-hybridized carbons (Fsp3) is 0.600. The number of hydrogen-bond acceptors (Lipinski definition) is 9. The maximum atomic E-state index is 11.4. The first-order chi connectivity index (χ1) is 21.8. The molecule has 1 atom stereocenters. The molecule has 1 heterocycles. The standard InChI is InChI=1S/C18H25NO5.C9H14O2S2.4C2H6/c1-13(2)15-5-7-16(8-6-15)22-11-12-24-18(21)19-9-10-23-17(20)14(3)4;1-10-5-8(11-2)6-13-9-3-4-12-7-9;4*1-2/h5-8,13H,3,9-12H2,1-2,4H3,(H,19,21);3-4,7-8H,5-6H2,1-2H3;4*1-2H3. The molecule has 0 radical (unpaired) electrons. The van der Waals surface area contributed by atoms with Crippen molar-refractivity contribution >= 4 is 35.2 Å². The molecule has 0 bridgehead atoms. The average molecular weight is 674 g/mol. The van der Waals surface area contributed by atoms with Crippen LogP contribution in [-0.4, -0.2) is 71.1 Å². The summed E-state index contributed by atoms with van der Waals surface area (Å²) in [6, 6.07) is 9.94. The topological polar surface area (TPSA) is 92.3 Å². The molecule has 1 aromatic carbocycles. The van der Waals surface area contributed by atoms with Crippen LogP contribution >= 0.6 is 23.1 Å². The van der Waals surface area contributed by atoms with Crippen molar-refractivity contribution in [2.24, 2.45) is 0 Å². The second-order valence-corrected chi connectivity index (χ2v) is 10.0. The summed E-state index contributed by atoms with van der Waals surface area (Å²) < 4.78 is 25.5. The van der Waals surface area contributed by atoms with Crippen LogP contribution in [0.3, 0.4) is 0 Å². The number of nitrogens with one attached hydrogen (secondary N) is 1. The molecule has 0 saturated carbocycles. The number of esters is 1. The van der Waals surface area contributed by atoms with Crippen molar-refractivity contribution in [2.75, 3.05) is 52.9 Å². The summed E-state index contributed by atoms with van der Waals surface area (Å²) in [5.74, 6) is 1.67. The van der Waals surface area contributed by atoms with Gasteiger partial charge in [0.15, 0.2) is 0 Å². The Bertz CT molecular complexity index is 905. The average Bonchev–Trinajstić information content (AvgIpc) is 3.61. The highest BCUT2D eigenvalue weighted by Crippen LogP contribution is 2.22. The van der Waals surface area contributed by atoms with Gasteiger partial charge in [0.25, 0.3) is 0 Å². The van der Waals surface area contributed by atoms with Crippen molar-refractivity contribution in [3.05, 3.63) is 58.8 Å². The summed E-state index contributed by atoms with van der Waals surface area (Å²) in [6.45, 7) is 26.6. The van der Waals surface area contributed by atoms with Crippen LogP contribution in [0.25, 0.3) is 0 Å². The van der Waals surface area contributed by atoms with Gasteiger partial charge in [0, 0.05) is 35.8 Å². The van der Waals surface area contributed by atoms with Crippen LogP contribution in [0.15, 0.2) is 58.1 Å². The molecule has 262 valence electrons. The van der Waals surface area contributed by atoms with Crippen LogP contribution in [0, 0.1) is 0 Å². The zero-order valence-electron chi connectivity index (χ0n) is 30.3. The Morgan fingerprint density at radius 3 is 1.96 bits per heavy atom. The molecular weight excluding hydrogens is 611 g/mol. The number of thiophene rings is 1. The summed E-state index contributed by atoms with van der Waals surface area (Å²) in [7, 11) is 3.42. The minimum absolute atomic E-state index is 0.0689. The molecule has 1 N–H and O–H groups in total. The van der Waals surface area contributed by atoms with E-state index in [1.807, 2.05) is 79.7 Å². The van der Waals surface area contributed by atoms with E-state index in [1.165, 1.54) is 10.5 Å². The van der Waals surface area contributed by atoms with Crippen molar-refractivity contribution in [3.63, 3.8) is 0 Å². The molecule has 0 saturated heterocycles. The van der Waals surface area contributed by atoms with Crippen LogP contribution in [0.2, 0.25) is 0 Å². The third-order valence-corrected chi connectivity index (χ3v) is 6.66. The number of ether oxygens (including phenoxy) is 5. The van der Waals surface area contributed by atoms with E-state index in [2.05, 4.69) is 42.6 Å². The van der Waals surface area contributed by atoms with Crippen LogP contribution in [0.4, 0.5) is 4.79 Å². The lowest BCUT2D eigenvalue weighted by molar-refractivity contribution is -0.138. The van der Waals surface area contributed by atoms with Crippen LogP contribution in [0.1, 0.15) is 87.6 Å². The fourth-order valence-corrected chi connectivity index (χ4v) is 4.42. The third kappa shape index (κ3) is 29.9. The number of amides is 1. The minimum atomic E-state index is -0.583. The number of carbonyl (C=O) groups is 2. The number of thioether (sulfide) groups is 1. The predicted molar refractivity (Wildman–Crippen MR) is 194 cm³/mol. The molecule has 45 heavy (non-hydrogen) atoms. The monoisotopic (exact) mass is 673 g/mol. The van der Waals surface area contributed by atoms with E-state index in [0.717, 1.165) is 11.5 Å². The number of hydrogen-bond donors (Lipinski definition) is 1. The van der Waals surface area contributed by atoms with E-state index in [9.17, 15) is 9.59 Å². The maximum absolute atomic E-state index is 11.4. The highest BCUT2D eigenvalue weighted by molar-refractivity contribution is 7.99. The molecule has 8 nitrogen and oxygen atoms in total. The zero-order chi connectivity index (χ0) is 35.5. The Hall–Kier alpha value is -2.53. The van der Waals surface area contributed by atoms with E-state index < -0.39 is 12.1 Å². The first-order valence-electron chi connectivity index (χ1n) is 15.9. The van der Waals surface area contributed by atoms with Gasteiger partial charge in [-0.25, -0.2) is 9.59 Å². The Morgan fingerprint density at radius 2 is 1.49 bits per heavy atom. The third-order valence-electron chi connectivity index (χ3n) is 4.70. The summed E-state index contributed by atoms with van der Waals surface area (Å²) in [4.78, 5) is 23.8. The first-order valence-corrected chi connectivity index (χ1v) is 17.8. The Balaban J connectivity index is -0.000000337. The number of rotatable bonds is 15. The van der Waals surface area contributed by atoms with Crippen LogP contribution in [0.5, 0.6) is 5.75 Å². The predicted octanol–water partition coefficient (Wildman–Crippen LogP) is 9.64. The summed E-state index contributed by atoms with van der Waals surface area (Å²) >= 11 is 3.52. The molecular formula is C35H63NO7S2. The second-order valence-electron chi connectivity index (χ2n) is 8.13. The van der Waals surface area contributed by atoms with E-state index in [-0.39, 0.29) is 32.5 Å². The minimum Gasteiger partial charge on any atom is -0.490 e. The fourth-order valence-electron chi connectivity index (χ4n) is 2.61. The summed E-state index contributed by atoms with van der Waals surface area (Å²) in [6.07, 6.45) is -0.393. The summed E-state index contributed by atoms with van der Waals surface area (Å²) in [5, 5.41) is 6.70. The van der Waals surface area contributed by atoms with Gasteiger partial charge in [-0.05, 0) is 42.0 Å². The van der Waals surface area contributed by atoms with Crippen molar-refractivity contribution in [2.45, 2.75) is 93.1 Å². The van der Waals surface area contributed by atoms with Gasteiger partial charge in [0.05, 0.1) is 19.3 Å². The van der Waals surface area contributed by atoms with Gasteiger partial charge in [-0.1, -0.05) is 87.9 Å². The molecule has 0 aliphatic carbocycles.